The van der Waals surface area contributed by atoms with Crippen LogP contribution in [-0.4, -0.2) is 28.5 Å². The standard InChI is InChI=1S/C14H18N4/c1-18(10-6-12-4-8-16-9-5-12)11-14-13(15)3-2-7-17-14/h2-5,7-9H,6,10-11,15H2,1H3. The molecule has 0 aromatic carbocycles. The number of hydrogen-bond acceptors (Lipinski definition) is 4. The van der Waals surface area contributed by atoms with Gasteiger partial charge in [-0.25, -0.2) is 0 Å². The lowest BCUT2D eigenvalue weighted by Crippen LogP contribution is -2.22. The topological polar surface area (TPSA) is 55.0 Å². The molecule has 0 aliphatic heterocycles. The van der Waals surface area contributed by atoms with Crippen LogP contribution in [0.1, 0.15) is 11.3 Å². The lowest BCUT2D eigenvalue weighted by molar-refractivity contribution is 0.328. The van der Waals surface area contributed by atoms with Crippen molar-refractivity contribution >= 4 is 5.69 Å². The maximum absolute atomic E-state index is 5.88. The lowest BCUT2D eigenvalue weighted by atomic mass is 10.2. The van der Waals surface area contributed by atoms with Crippen molar-refractivity contribution in [3.63, 3.8) is 0 Å². The van der Waals surface area contributed by atoms with Gasteiger partial charge in [0.15, 0.2) is 0 Å². The van der Waals surface area contributed by atoms with E-state index in [4.69, 9.17) is 5.73 Å². The maximum Gasteiger partial charge on any atom is 0.0772 e. The second-order valence-electron chi connectivity index (χ2n) is 4.38. The Morgan fingerprint density at radius 2 is 1.94 bits per heavy atom. The minimum absolute atomic E-state index is 0.758. The highest BCUT2D eigenvalue weighted by Gasteiger charge is 2.04. The summed E-state index contributed by atoms with van der Waals surface area (Å²) >= 11 is 0. The van der Waals surface area contributed by atoms with Crippen LogP contribution in [-0.2, 0) is 13.0 Å². The Labute approximate surface area is 107 Å². The fourth-order valence-corrected chi connectivity index (χ4v) is 1.79. The third-order valence-corrected chi connectivity index (χ3v) is 2.88. The van der Waals surface area contributed by atoms with Crippen LogP contribution in [0.2, 0.25) is 0 Å². The fraction of sp³-hybridized carbons (Fsp3) is 0.286. The molecule has 0 spiro atoms. The first-order valence-corrected chi connectivity index (χ1v) is 6.02. The number of rotatable bonds is 5. The van der Waals surface area contributed by atoms with E-state index in [2.05, 4.69) is 21.9 Å². The molecule has 2 aromatic heterocycles. The molecule has 94 valence electrons. The predicted octanol–water partition coefficient (Wildman–Crippen LogP) is 1.73. The smallest absolute Gasteiger partial charge is 0.0772 e. The first-order chi connectivity index (χ1) is 8.75. The van der Waals surface area contributed by atoms with Crippen LogP contribution in [0.4, 0.5) is 5.69 Å². The van der Waals surface area contributed by atoms with Crippen molar-refractivity contribution in [2.45, 2.75) is 13.0 Å². The van der Waals surface area contributed by atoms with Gasteiger partial charge in [-0.15, -0.1) is 0 Å². The minimum Gasteiger partial charge on any atom is -0.397 e. The molecule has 18 heavy (non-hydrogen) atoms. The second kappa shape index (κ2) is 6.12. The molecule has 0 saturated heterocycles. The zero-order valence-electron chi connectivity index (χ0n) is 10.6. The van der Waals surface area contributed by atoms with Gasteiger partial charge in [0.2, 0.25) is 0 Å². The van der Waals surface area contributed by atoms with Gasteiger partial charge in [0.25, 0.3) is 0 Å². The number of aromatic nitrogens is 2. The number of nitrogens with zero attached hydrogens (tertiary/aromatic N) is 3. The Morgan fingerprint density at radius 3 is 2.67 bits per heavy atom. The molecule has 0 saturated carbocycles. The summed E-state index contributed by atoms with van der Waals surface area (Å²) in [5.41, 5.74) is 8.87. The van der Waals surface area contributed by atoms with E-state index in [1.807, 2.05) is 36.7 Å². The Balaban J connectivity index is 1.86. The van der Waals surface area contributed by atoms with Crippen molar-refractivity contribution in [1.82, 2.24) is 14.9 Å². The molecule has 0 bridgehead atoms. The molecule has 2 rings (SSSR count). The number of likely N-dealkylation sites (N-methyl/N-ethyl adjacent to an activating group) is 1. The molecule has 0 aliphatic rings. The Morgan fingerprint density at radius 1 is 1.17 bits per heavy atom. The third-order valence-electron chi connectivity index (χ3n) is 2.88. The molecule has 4 heteroatoms. The number of hydrogen-bond donors (Lipinski definition) is 1. The normalized spacial score (nSPS) is 10.8. The Hall–Kier alpha value is -1.94. The molecule has 0 fully saturated rings. The van der Waals surface area contributed by atoms with Crippen molar-refractivity contribution in [2.24, 2.45) is 0 Å². The summed E-state index contributed by atoms with van der Waals surface area (Å²) in [4.78, 5) is 10.5. The summed E-state index contributed by atoms with van der Waals surface area (Å²) in [7, 11) is 2.08. The average molecular weight is 242 g/mol. The molecule has 4 nitrogen and oxygen atoms in total. The summed E-state index contributed by atoms with van der Waals surface area (Å²) in [6.07, 6.45) is 6.44. The molecule has 0 amide bonds. The Bertz CT molecular complexity index is 484. The number of nitrogen functional groups attached to an aromatic ring is 1. The number of nitrogens with two attached hydrogens (primary N) is 1. The van der Waals surface area contributed by atoms with Gasteiger partial charge in [-0.1, -0.05) is 0 Å². The van der Waals surface area contributed by atoms with E-state index in [1.54, 1.807) is 6.20 Å². The van der Waals surface area contributed by atoms with Gasteiger partial charge in [0, 0.05) is 31.7 Å². The van der Waals surface area contributed by atoms with Gasteiger partial charge in [0.1, 0.15) is 0 Å². The molecule has 2 aromatic rings. The highest BCUT2D eigenvalue weighted by Crippen LogP contribution is 2.09. The minimum atomic E-state index is 0.758. The monoisotopic (exact) mass is 242 g/mol. The van der Waals surface area contributed by atoms with Crippen molar-refractivity contribution in [3.8, 4) is 0 Å². The van der Waals surface area contributed by atoms with Crippen LogP contribution in [0.5, 0.6) is 0 Å². The zero-order chi connectivity index (χ0) is 12.8. The highest BCUT2D eigenvalue weighted by atomic mass is 15.1. The van der Waals surface area contributed by atoms with Gasteiger partial charge >= 0.3 is 0 Å². The van der Waals surface area contributed by atoms with Gasteiger partial charge in [0.05, 0.1) is 11.4 Å². The van der Waals surface area contributed by atoms with Gasteiger partial charge in [-0.3, -0.25) is 9.97 Å². The van der Waals surface area contributed by atoms with E-state index in [0.29, 0.717) is 0 Å². The van der Waals surface area contributed by atoms with Crippen LogP contribution >= 0.6 is 0 Å². The molecule has 0 unspecified atom stereocenters. The molecular weight excluding hydrogens is 224 g/mol. The van der Waals surface area contributed by atoms with Gasteiger partial charge < -0.3 is 10.6 Å². The molecule has 0 atom stereocenters. The van der Waals surface area contributed by atoms with Crippen LogP contribution < -0.4 is 5.73 Å². The van der Waals surface area contributed by atoms with E-state index in [0.717, 1.165) is 30.9 Å². The first kappa shape index (κ1) is 12.5. The number of pyridine rings is 2. The van der Waals surface area contributed by atoms with Crippen LogP contribution in [0, 0.1) is 0 Å². The van der Waals surface area contributed by atoms with E-state index < -0.39 is 0 Å². The predicted molar refractivity (Wildman–Crippen MR) is 72.9 cm³/mol. The molecule has 2 N–H and O–H groups in total. The van der Waals surface area contributed by atoms with Crippen molar-refractivity contribution < 1.29 is 0 Å². The third kappa shape index (κ3) is 3.53. The molecule has 0 aliphatic carbocycles. The summed E-state index contributed by atoms with van der Waals surface area (Å²) < 4.78 is 0. The van der Waals surface area contributed by atoms with E-state index in [9.17, 15) is 0 Å². The largest absolute Gasteiger partial charge is 0.397 e. The zero-order valence-corrected chi connectivity index (χ0v) is 10.6. The lowest BCUT2D eigenvalue weighted by Gasteiger charge is -2.16. The highest BCUT2D eigenvalue weighted by molar-refractivity contribution is 5.41. The van der Waals surface area contributed by atoms with E-state index in [1.165, 1.54) is 5.56 Å². The van der Waals surface area contributed by atoms with Crippen LogP contribution in [0.15, 0.2) is 42.9 Å². The van der Waals surface area contributed by atoms with Gasteiger partial charge in [-0.05, 0) is 43.3 Å². The fourth-order valence-electron chi connectivity index (χ4n) is 1.79. The summed E-state index contributed by atoms with van der Waals surface area (Å²) in [5.74, 6) is 0. The second-order valence-corrected chi connectivity index (χ2v) is 4.38. The SMILES string of the molecule is CN(CCc1ccncc1)Cc1ncccc1N. The van der Waals surface area contributed by atoms with E-state index in [-0.39, 0.29) is 0 Å². The maximum atomic E-state index is 5.88. The van der Waals surface area contributed by atoms with Crippen LogP contribution in [0.3, 0.4) is 0 Å². The van der Waals surface area contributed by atoms with Crippen molar-refractivity contribution in [3.05, 3.63) is 54.1 Å². The van der Waals surface area contributed by atoms with E-state index >= 15 is 0 Å². The molecule has 0 radical (unpaired) electrons. The summed E-state index contributed by atoms with van der Waals surface area (Å²) in [5, 5.41) is 0. The van der Waals surface area contributed by atoms with Crippen molar-refractivity contribution in [2.75, 3.05) is 19.3 Å². The summed E-state index contributed by atoms with van der Waals surface area (Å²) in [6, 6.07) is 7.83. The number of anilines is 1. The van der Waals surface area contributed by atoms with Crippen molar-refractivity contribution in [1.29, 1.82) is 0 Å². The molecule has 2 heterocycles. The quantitative estimate of drug-likeness (QED) is 0.867. The summed E-state index contributed by atoms with van der Waals surface area (Å²) in [6.45, 7) is 1.75. The average Bonchev–Trinajstić information content (AvgIpc) is 2.40. The Kier molecular flexibility index (Phi) is 4.25. The van der Waals surface area contributed by atoms with Gasteiger partial charge in [-0.2, -0.15) is 0 Å². The first-order valence-electron chi connectivity index (χ1n) is 6.02. The molecular formula is C14H18N4. The van der Waals surface area contributed by atoms with Crippen LogP contribution in [0.25, 0.3) is 0 Å².